The van der Waals surface area contributed by atoms with Crippen LogP contribution in [0.5, 0.6) is 5.75 Å². The third-order valence-electron chi connectivity index (χ3n) is 6.85. The topological polar surface area (TPSA) is 79.9 Å². The van der Waals surface area contributed by atoms with E-state index in [4.69, 9.17) is 9.84 Å². The maximum absolute atomic E-state index is 13.9. The summed E-state index contributed by atoms with van der Waals surface area (Å²) in [5, 5.41) is 17.6. The fraction of sp³-hybridized carbons (Fsp3) is 0.219. The van der Waals surface area contributed by atoms with Crippen molar-refractivity contribution in [2.24, 2.45) is 0 Å². The molecule has 5 rings (SSSR count). The SMILES string of the molecule is N#CC(=Cc1cn(-c2ccccc2)nc1-c1ccc(OCc2ccccc2F)cc1)C(=O)NC1CCCCC1. The van der Waals surface area contributed by atoms with Crippen LogP contribution in [0.25, 0.3) is 23.0 Å². The number of benzene rings is 3. The molecule has 0 bridgehead atoms. The first-order valence-electron chi connectivity index (χ1n) is 13.1. The minimum atomic E-state index is -0.361. The number of carbonyl (C=O) groups excluding carboxylic acids is 1. The fourth-order valence-corrected chi connectivity index (χ4v) is 4.73. The van der Waals surface area contributed by atoms with Crippen molar-refractivity contribution in [3.8, 4) is 28.8 Å². The molecule has 1 aromatic heterocycles. The Bertz CT molecular complexity index is 1500. The fourth-order valence-electron chi connectivity index (χ4n) is 4.73. The Kier molecular flexibility index (Phi) is 8.13. The van der Waals surface area contributed by atoms with E-state index in [0.29, 0.717) is 22.6 Å². The lowest BCUT2D eigenvalue weighted by Crippen LogP contribution is -2.36. The molecule has 0 aliphatic heterocycles. The summed E-state index contributed by atoms with van der Waals surface area (Å²) < 4.78 is 21.5. The second-order valence-electron chi connectivity index (χ2n) is 9.60. The maximum Gasteiger partial charge on any atom is 0.262 e. The van der Waals surface area contributed by atoms with E-state index in [0.717, 1.165) is 36.9 Å². The Morgan fingerprint density at radius 1 is 1.03 bits per heavy atom. The third kappa shape index (κ3) is 6.42. The highest BCUT2D eigenvalue weighted by Gasteiger charge is 2.20. The number of halogens is 1. The summed E-state index contributed by atoms with van der Waals surface area (Å²) in [5.41, 5.74) is 3.44. The molecule has 6 nitrogen and oxygen atoms in total. The number of hydrogen-bond acceptors (Lipinski definition) is 4. The summed E-state index contributed by atoms with van der Waals surface area (Å²) in [7, 11) is 0. The normalized spacial score (nSPS) is 14.0. The van der Waals surface area contributed by atoms with Crippen LogP contribution >= 0.6 is 0 Å². The van der Waals surface area contributed by atoms with Crippen LogP contribution in [0.4, 0.5) is 4.39 Å². The molecule has 39 heavy (non-hydrogen) atoms. The molecule has 0 spiro atoms. The zero-order chi connectivity index (χ0) is 27.0. The number of nitrogens with zero attached hydrogens (tertiary/aromatic N) is 3. The Morgan fingerprint density at radius 3 is 2.46 bits per heavy atom. The zero-order valence-electron chi connectivity index (χ0n) is 21.5. The molecule has 1 saturated carbocycles. The molecule has 3 aromatic carbocycles. The van der Waals surface area contributed by atoms with E-state index < -0.39 is 0 Å². The van der Waals surface area contributed by atoms with Crippen molar-refractivity contribution in [2.75, 3.05) is 0 Å². The number of amides is 1. The van der Waals surface area contributed by atoms with Crippen LogP contribution < -0.4 is 10.1 Å². The first-order valence-corrected chi connectivity index (χ1v) is 13.1. The Labute approximate surface area is 227 Å². The average molecular weight is 521 g/mol. The van der Waals surface area contributed by atoms with Gasteiger partial charge in [0.1, 0.15) is 29.8 Å². The van der Waals surface area contributed by atoms with Crippen molar-refractivity contribution in [1.29, 1.82) is 5.26 Å². The summed E-state index contributed by atoms with van der Waals surface area (Å²) in [6.07, 6.45) is 8.65. The predicted molar refractivity (Wildman–Crippen MR) is 148 cm³/mol. The number of aromatic nitrogens is 2. The lowest BCUT2D eigenvalue weighted by molar-refractivity contribution is -0.117. The number of hydrogen-bond donors (Lipinski definition) is 1. The van der Waals surface area contributed by atoms with Gasteiger partial charge in [-0.3, -0.25) is 4.79 Å². The number of nitrogens with one attached hydrogen (secondary N) is 1. The van der Waals surface area contributed by atoms with Crippen LogP contribution in [0.2, 0.25) is 0 Å². The van der Waals surface area contributed by atoms with Crippen LogP contribution in [0, 0.1) is 17.1 Å². The van der Waals surface area contributed by atoms with E-state index in [-0.39, 0.29) is 29.9 Å². The van der Waals surface area contributed by atoms with Gasteiger partial charge in [-0.25, -0.2) is 9.07 Å². The number of carbonyl (C=O) groups is 1. The lowest BCUT2D eigenvalue weighted by Gasteiger charge is -2.22. The van der Waals surface area contributed by atoms with Crippen molar-refractivity contribution in [3.63, 3.8) is 0 Å². The van der Waals surface area contributed by atoms with Gasteiger partial charge in [0.25, 0.3) is 5.91 Å². The molecule has 0 radical (unpaired) electrons. The summed E-state index contributed by atoms with van der Waals surface area (Å²) in [6, 6.07) is 25.7. The van der Waals surface area contributed by atoms with Gasteiger partial charge in [0, 0.05) is 28.9 Å². The molecule has 196 valence electrons. The highest BCUT2D eigenvalue weighted by molar-refractivity contribution is 6.02. The molecular weight excluding hydrogens is 491 g/mol. The number of para-hydroxylation sites is 1. The van der Waals surface area contributed by atoms with Gasteiger partial charge in [-0.15, -0.1) is 0 Å². The molecule has 1 amide bonds. The first-order chi connectivity index (χ1) is 19.1. The third-order valence-corrected chi connectivity index (χ3v) is 6.85. The Hall–Kier alpha value is -4.70. The van der Waals surface area contributed by atoms with Crippen LogP contribution in [-0.2, 0) is 11.4 Å². The highest BCUT2D eigenvalue weighted by atomic mass is 19.1. The van der Waals surface area contributed by atoms with Gasteiger partial charge in [-0.2, -0.15) is 10.4 Å². The molecule has 1 aliphatic rings. The van der Waals surface area contributed by atoms with Gasteiger partial charge in [0.15, 0.2) is 0 Å². The predicted octanol–water partition coefficient (Wildman–Crippen LogP) is 6.61. The van der Waals surface area contributed by atoms with Crippen molar-refractivity contribution in [3.05, 3.63) is 108 Å². The lowest BCUT2D eigenvalue weighted by atomic mass is 9.95. The van der Waals surface area contributed by atoms with Crippen molar-refractivity contribution in [2.45, 2.75) is 44.8 Å². The van der Waals surface area contributed by atoms with Crippen molar-refractivity contribution < 1.29 is 13.9 Å². The van der Waals surface area contributed by atoms with Gasteiger partial charge in [0.05, 0.1) is 11.4 Å². The van der Waals surface area contributed by atoms with Gasteiger partial charge in [-0.1, -0.05) is 55.7 Å². The maximum atomic E-state index is 13.9. The molecular formula is C32H29FN4O2. The molecule has 1 heterocycles. The quantitative estimate of drug-likeness (QED) is 0.209. The van der Waals surface area contributed by atoms with Gasteiger partial charge in [0.2, 0.25) is 0 Å². The molecule has 0 atom stereocenters. The Balaban J connectivity index is 1.42. The van der Waals surface area contributed by atoms with E-state index in [1.807, 2.05) is 48.7 Å². The van der Waals surface area contributed by atoms with Gasteiger partial charge in [-0.05, 0) is 61.4 Å². The number of ether oxygens (including phenoxy) is 1. The molecule has 1 N–H and O–H groups in total. The number of rotatable bonds is 8. The molecule has 0 saturated heterocycles. The van der Waals surface area contributed by atoms with E-state index in [2.05, 4.69) is 11.4 Å². The van der Waals surface area contributed by atoms with Gasteiger partial charge >= 0.3 is 0 Å². The Morgan fingerprint density at radius 2 is 1.74 bits per heavy atom. The average Bonchev–Trinajstić information content (AvgIpc) is 3.40. The summed E-state index contributed by atoms with van der Waals surface area (Å²) in [4.78, 5) is 13.0. The largest absolute Gasteiger partial charge is 0.489 e. The standard InChI is InChI=1S/C32H29FN4O2/c33-30-14-8-7-9-24(30)22-39-29-17-15-23(16-18-29)31-26(21-37(36-31)28-12-5-2-6-13-28)19-25(20-34)32(38)35-27-10-3-1-4-11-27/h2,5-9,12-19,21,27H,1,3-4,10-11,22H2,(H,35,38). The van der Waals surface area contributed by atoms with Crippen LogP contribution in [0.15, 0.2) is 90.6 Å². The first kappa shape index (κ1) is 25.9. The highest BCUT2D eigenvalue weighted by Crippen LogP contribution is 2.28. The zero-order valence-corrected chi connectivity index (χ0v) is 21.5. The van der Waals surface area contributed by atoms with E-state index >= 15 is 0 Å². The van der Waals surface area contributed by atoms with Crippen molar-refractivity contribution >= 4 is 12.0 Å². The minimum Gasteiger partial charge on any atom is -0.489 e. The summed E-state index contributed by atoms with van der Waals surface area (Å²) >= 11 is 0. The van der Waals surface area contributed by atoms with Gasteiger partial charge < -0.3 is 10.1 Å². The minimum absolute atomic E-state index is 0.0410. The summed E-state index contributed by atoms with van der Waals surface area (Å²) in [5.74, 6) is -0.0799. The van der Waals surface area contributed by atoms with E-state index in [1.165, 1.54) is 12.5 Å². The number of nitriles is 1. The molecule has 4 aromatic rings. The van der Waals surface area contributed by atoms with Crippen LogP contribution in [-0.4, -0.2) is 21.7 Å². The van der Waals surface area contributed by atoms with E-state index in [9.17, 15) is 14.4 Å². The molecule has 7 heteroatoms. The smallest absolute Gasteiger partial charge is 0.262 e. The summed E-state index contributed by atoms with van der Waals surface area (Å²) in [6.45, 7) is 0.115. The molecule has 1 fully saturated rings. The molecule has 1 aliphatic carbocycles. The molecule has 0 unspecified atom stereocenters. The second kappa shape index (κ2) is 12.2. The van der Waals surface area contributed by atoms with Crippen molar-refractivity contribution in [1.82, 2.24) is 15.1 Å². The second-order valence-corrected chi connectivity index (χ2v) is 9.60. The van der Waals surface area contributed by atoms with Crippen LogP contribution in [0.1, 0.15) is 43.2 Å². The monoisotopic (exact) mass is 520 g/mol. The van der Waals surface area contributed by atoms with Crippen LogP contribution in [0.3, 0.4) is 0 Å². The van der Waals surface area contributed by atoms with E-state index in [1.54, 1.807) is 41.1 Å².